The summed E-state index contributed by atoms with van der Waals surface area (Å²) in [5, 5.41) is 0. The molecule has 0 heterocycles. The van der Waals surface area contributed by atoms with E-state index < -0.39 is 0 Å². The molecule has 0 aromatic rings. The van der Waals surface area contributed by atoms with Crippen LogP contribution in [0.2, 0.25) is 0 Å². The highest BCUT2D eigenvalue weighted by molar-refractivity contribution is 5.75. The van der Waals surface area contributed by atoms with Crippen molar-refractivity contribution in [3.05, 3.63) is 0 Å². The first-order valence-electron chi connectivity index (χ1n) is 8.83. The number of unbranched alkanes of at least 4 members (excludes halogenated alkanes) is 3. The molecule has 144 valence electrons. The van der Waals surface area contributed by atoms with Crippen molar-refractivity contribution in [2.45, 2.75) is 71.1 Å². The molecular formula is C18H30O7. The molecule has 0 bridgehead atoms. The van der Waals surface area contributed by atoms with Gasteiger partial charge in [0.1, 0.15) is 5.78 Å². The van der Waals surface area contributed by atoms with Gasteiger partial charge in [-0.1, -0.05) is 0 Å². The van der Waals surface area contributed by atoms with E-state index >= 15 is 0 Å². The second-order valence-corrected chi connectivity index (χ2v) is 5.84. The number of ether oxygens (including phenoxy) is 3. The van der Waals surface area contributed by atoms with Gasteiger partial charge in [-0.2, -0.15) is 0 Å². The third-order valence-corrected chi connectivity index (χ3v) is 3.46. The number of hydrogen-bond donors (Lipinski definition) is 0. The van der Waals surface area contributed by atoms with Crippen molar-refractivity contribution in [1.29, 1.82) is 0 Å². The fraction of sp³-hybridized carbons (Fsp3) is 0.778. The van der Waals surface area contributed by atoms with Crippen LogP contribution < -0.4 is 0 Å². The highest BCUT2D eigenvalue weighted by Crippen LogP contribution is 2.04. The smallest absolute Gasteiger partial charge is 0.305 e. The molecule has 0 aliphatic rings. The van der Waals surface area contributed by atoms with Crippen molar-refractivity contribution in [1.82, 2.24) is 0 Å². The van der Waals surface area contributed by atoms with Crippen LogP contribution in [0.25, 0.3) is 0 Å². The summed E-state index contributed by atoms with van der Waals surface area (Å²) in [5.41, 5.74) is 0. The Labute approximate surface area is 149 Å². The average Bonchev–Trinajstić information content (AvgIpc) is 2.58. The van der Waals surface area contributed by atoms with Crippen molar-refractivity contribution in [2.75, 3.05) is 20.3 Å². The molecule has 0 aliphatic heterocycles. The second kappa shape index (κ2) is 15.6. The van der Waals surface area contributed by atoms with Gasteiger partial charge in [0.15, 0.2) is 0 Å². The molecule has 0 rings (SSSR count). The van der Waals surface area contributed by atoms with Crippen LogP contribution in [0, 0.1) is 0 Å². The van der Waals surface area contributed by atoms with Crippen molar-refractivity contribution >= 4 is 23.7 Å². The number of ketones is 1. The minimum atomic E-state index is -0.285. The van der Waals surface area contributed by atoms with Crippen molar-refractivity contribution in [3.63, 3.8) is 0 Å². The van der Waals surface area contributed by atoms with Crippen LogP contribution in [-0.4, -0.2) is 44.0 Å². The molecule has 0 spiro atoms. The van der Waals surface area contributed by atoms with Crippen molar-refractivity contribution in [2.24, 2.45) is 0 Å². The molecule has 25 heavy (non-hydrogen) atoms. The van der Waals surface area contributed by atoms with Crippen LogP contribution in [0.15, 0.2) is 0 Å². The maximum atomic E-state index is 11.4. The van der Waals surface area contributed by atoms with Crippen LogP contribution in [0.5, 0.6) is 0 Å². The zero-order valence-electron chi connectivity index (χ0n) is 15.3. The summed E-state index contributed by atoms with van der Waals surface area (Å²) in [7, 11) is 1.34. The van der Waals surface area contributed by atoms with Crippen molar-refractivity contribution in [3.8, 4) is 0 Å². The Morgan fingerprint density at radius 3 is 1.40 bits per heavy atom. The molecule has 0 amide bonds. The summed E-state index contributed by atoms with van der Waals surface area (Å²) >= 11 is 0. The third kappa shape index (κ3) is 16.7. The molecule has 0 aromatic carbocycles. The molecule has 0 atom stereocenters. The summed E-state index contributed by atoms with van der Waals surface area (Å²) < 4.78 is 14.6. The van der Waals surface area contributed by atoms with Gasteiger partial charge in [0.25, 0.3) is 0 Å². The molecule has 0 aromatic heterocycles. The van der Waals surface area contributed by atoms with Crippen molar-refractivity contribution < 1.29 is 33.4 Å². The first kappa shape index (κ1) is 23.1. The van der Waals surface area contributed by atoms with Gasteiger partial charge in [-0.15, -0.1) is 0 Å². The molecule has 7 heteroatoms. The Morgan fingerprint density at radius 2 is 1.00 bits per heavy atom. The highest BCUT2D eigenvalue weighted by Gasteiger charge is 2.06. The van der Waals surface area contributed by atoms with E-state index in [0.29, 0.717) is 71.0 Å². The fourth-order valence-corrected chi connectivity index (χ4v) is 2.00. The molecule has 0 saturated heterocycles. The second-order valence-electron chi connectivity index (χ2n) is 5.84. The molecule has 0 fully saturated rings. The molecule has 7 nitrogen and oxygen atoms in total. The van der Waals surface area contributed by atoms with E-state index in [1.54, 1.807) is 0 Å². The molecular weight excluding hydrogens is 328 g/mol. The highest BCUT2D eigenvalue weighted by atomic mass is 16.5. The van der Waals surface area contributed by atoms with Gasteiger partial charge in [-0.25, -0.2) is 0 Å². The van der Waals surface area contributed by atoms with Crippen LogP contribution >= 0.6 is 0 Å². The minimum absolute atomic E-state index is 0.131. The molecule has 0 unspecified atom stereocenters. The summed E-state index contributed by atoms with van der Waals surface area (Å²) in [5.74, 6) is -0.688. The zero-order chi connectivity index (χ0) is 18.9. The quantitative estimate of drug-likeness (QED) is 0.252. The van der Waals surface area contributed by atoms with Crippen LogP contribution in [0.4, 0.5) is 0 Å². The van der Waals surface area contributed by atoms with Gasteiger partial charge >= 0.3 is 17.9 Å². The van der Waals surface area contributed by atoms with E-state index in [1.165, 1.54) is 14.0 Å². The number of Topliss-reactive ketones (excluding diaryl/α,β-unsaturated/α-hetero) is 1. The summed E-state index contributed by atoms with van der Waals surface area (Å²) in [6.07, 6.45) is 5.25. The summed E-state index contributed by atoms with van der Waals surface area (Å²) in [4.78, 5) is 44.5. The van der Waals surface area contributed by atoms with Crippen LogP contribution in [0.1, 0.15) is 71.1 Å². The largest absolute Gasteiger partial charge is 0.469 e. The fourth-order valence-electron chi connectivity index (χ4n) is 2.00. The van der Waals surface area contributed by atoms with E-state index in [2.05, 4.69) is 4.74 Å². The summed E-state index contributed by atoms with van der Waals surface area (Å²) in [6, 6.07) is 0. The monoisotopic (exact) mass is 358 g/mol. The average molecular weight is 358 g/mol. The number of rotatable bonds is 15. The lowest BCUT2D eigenvalue weighted by molar-refractivity contribution is -0.146. The number of esters is 3. The van der Waals surface area contributed by atoms with Gasteiger partial charge in [-0.3, -0.25) is 14.4 Å². The molecule has 0 aliphatic carbocycles. The standard InChI is InChI=1S/C18H30O7/c1-15(19)9-3-4-11-17(21)24-13-7-8-14-25-18(22)12-6-5-10-16(20)23-2/h3-14H2,1-2H3. The van der Waals surface area contributed by atoms with Gasteiger partial charge in [-0.05, 0) is 45.4 Å². The third-order valence-electron chi connectivity index (χ3n) is 3.46. The number of carbonyl (C=O) groups excluding carboxylic acids is 4. The van der Waals surface area contributed by atoms with Crippen LogP contribution in [0.3, 0.4) is 0 Å². The Kier molecular flexibility index (Phi) is 14.4. The lowest BCUT2D eigenvalue weighted by Gasteiger charge is -2.06. The topological polar surface area (TPSA) is 96.0 Å². The lowest BCUT2D eigenvalue weighted by atomic mass is 10.1. The first-order chi connectivity index (χ1) is 12.0. The number of carbonyl (C=O) groups is 4. The summed E-state index contributed by atoms with van der Waals surface area (Å²) in [6.45, 7) is 2.14. The van der Waals surface area contributed by atoms with Gasteiger partial charge in [0.2, 0.25) is 0 Å². The van der Waals surface area contributed by atoms with Crippen LogP contribution in [-0.2, 0) is 33.4 Å². The van der Waals surface area contributed by atoms with Gasteiger partial charge in [0.05, 0.1) is 20.3 Å². The predicted molar refractivity (Wildman–Crippen MR) is 90.8 cm³/mol. The minimum Gasteiger partial charge on any atom is -0.469 e. The lowest BCUT2D eigenvalue weighted by Crippen LogP contribution is -2.09. The van der Waals surface area contributed by atoms with E-state index in [1.807, 2.05) is 0 Å². The SMILES string of the molecule is COC(=O)CCCCC(=O)OCCCCOC(=O)CCCCC(C)=O. The normalized spacial score (nSPS) is 10.2. The van der Waals surface area contributed by atoms with E-state index in [0.717, 1.165) is 0 Å². The van der Waals surface area contributed by atoms with Gasteiger partial charge in [0, 0.05) is 25.7 Å². The zero-order valence-corrected chi connectivity index (χ0v) is 15.3. The Balaban J connectivity index is 3.39. The van der Waals surface area contributed by atoms with E-state index in [4.69, 9.17) is 9.47 Å². The maximum Gasteiger partial charge on any atom is 0.305 e. The molecule has 0 radical (unpaired) electrons. The first-order valence-corrected chi connectivity index (χ1v) is 8.83. The predicted octanol–water partition coefficient (Wildman–Crippen LogP) is 2.74. The van der Waals surface area contributed by atoms with E-state index in [9.17, 15) is 19.2 Å². The number of hydrogen-bond acceptors (Lipinski definition) is 7. The molecule has 0 N–H and O–H groups in total. The Bertz CT molecular complexity index is 418. The molecule has 0 saturated carbocycles. The Morgan fingerprint density at radius 1 is 0.600 bits per heavy atom. The number of methoxy groups -OCH3 is 1. The van der Waals surface area contributed by atoms with Gasteiger partial charge < -0.3 is 19.0 Å². The Hall–Kier alpha value is -1.92. The maximum absolute atomic E-state index is 11.4. The van der Waals surface area contributed by atoms with E-state index in [-0.39, 0.29) is 30.1 Å².